The number of halogens is 1. The van der Waals surface area contributed by atoms with Gasteiger partial charge in [-0.15, -0.1) is 0 Å². The van der Waals surface area contributed by atoms with Crippen LogP contribution in [0, 0.1) is 0 Å². The summed E-state index contributed by atoms with van der Waals surface area (Å²) < 4.78 is 21.8. The second-order valence-electron chi connectivity index (χ2n) is 11.5. The van der Waals surface area contributed by atoms with E-state index in [4.69, 9.17) is 4.74 Å². The van der Waals surface area contributed by atoms with E-state index >= 15 is 0 Å². The van der Waals surface area contributed by atoms with E-state index < -0.39 is 29.9 Å². The van der Waals surface area contributed by atoms with Gasteiger partial charge >= 0.3 is 6.09 Å². The Bertz CT molecular complexity index is 1490. The van der Waals surface area contributed by atoms with Crippen molar-refractivity contribution in [3.8, 4) is 0 Å². The topological polar surface area (TPSA) is 143 Å². The Labute approximate surface area is 230 Å². The molecule has 2 atom stereocenters. The lowest BCUT2D eigenvalue weighted by Crippen LogP contribution is -2.36. The van der Waals surface area contributed by atoms with Crippen molar-refractivity contribution in [1.29, 1.82) is 0 Å². The van der Waals surface area contributed by atoms with Crippen LogP contribution in [0.3, 0.4) is 0 Å². The molecule has 0 saturated heterocycles. The third-order valence-electron chi connectivity index (χ3n) is 7.14. The average Bonchev–Trinajstić information content (AvgIpc) is 3.47. The number of hydrogen-bond acceptors (Lipinski definition) is 8. The monoisotopic (exact) mass is 555 g/mol. The molecule has 0 spiro atoms. The number of fused-ring (bicyclic) bond motifs is 1. The molecule has 214 valence electrons. The number of anilines is 3. The van der Waals surface area contributed by atoms with E-state index in [1.807, 2.05) is 0 Å². The Morgan fingerprint density at radius 2 is 1.98 bits per heavy atom. The Morgan fingerprint density at radius 3 is 2.62 bits per heavy atom. The van der Waals surface area contributed by atoms with E-state index in [-0.39, 0.29) is 59.0 Å². The zero-order valence-electron chi connectivity index (χ0n) is 22.9. The Morgan fingerprint density at radius 1 is 1.23 bits per heavy atom. The molecule has 3 aromatic rings. The number of hydrogen-bond donors (Lipinski definition) is 3. The van der Waals surface area contributed by atoms with Gasteiger partial charge in [0.1, 0.15) is 34.7 Å². The standard InChI is InChI=1S/C27H34FN7O5/c1-27(2,3)40-26(39)33(4)22-13-21(31-20-6-5-9-34(25(20)38)17-10-15(28)11-17)32-23-19(14-29-35(22)23)24(37)30-16-7-8-18(36)12-16/h5-6,9,13-18,36H,7-8,10-12H2,1-4H3,(H,30,37)(H,31,32)/t15-,16?,17-,18?. The fraction of sp³-hybridized carbons (Fsp3) is 0.519. The molecule has 40 heavy (non-hydrogen) atoms. The third kappa shape index (κ3) is 5.64. The number of aromatic nitrogens is 4. The summed E-state index contributed by atoms with van der Waals surface area (Å²) in [7, 11) is 1.51. The maximum atomic E-state index is 13.5. The molecule has 5 rings (SSSR count). The zero-order chi connectivity index (χ0) is 28.8. The average molecular weight is 556 g/mol. The molecule has 2 unspecified atom stereocenters. The molecule has 2 fully saturated rings. The minimum Gasteiger partial charge on any atom is -0.443 e. The van der Waals surface area contributed by atoms with Crippen LogP contribution in [0.5, 0.6) is 0 Å². The van der Waals surface area contributed by atoms with E-state index in [1.54, 1.807) is 39.1 Å². The summed E-state index contributed by atoms with van der Waals surface area (Å²) in [4.78, 5) is 45.1. The van der Waals surface area contributed by atoms with Crippen molar-refractivity contribution >= 4 is 35.0 Å². The van der Waals surface area contributed by atoms with Crippen molar-refractivity contribution in [1.82, 2.24) is 24.5 Å². The van der Waals surface area contributed by atoms with E-state index in [0.717, 1.165) is 0 Å². The van der Waals surface area contributed by atoms with Crippen molar-refractivity contribution in [2.75, 3.05) is 17.3 Å². The maximum absolute atomic E-state index is 13.5. The van der Waals surface area contributed by atoms with Crippen LogP contribution in [0.25, 0.3) is 5.65 Å². The summed E-state index contributed by atoms with van der Waals surface area (Å²) in [5.74, 6) is 0.0145. The minimum absolute atomic E-state index is 0.155. The first kappa shape index (κ1) is 27.6. The normalized spacial score (nSPS) is 22.6. The Balaban J connectivity index is 1.52. The highest BCUT2D eigenvalue weighted by Gasteiger charge is 2.31. The summed E-state index contributed by atoms with van der Waals surface area (Å²) in [6.07, 6.45) is 3.26. The fourth-order valence-electron chi connectivity index (χ4n) is 4.97. The first-order chi connectivity index (χ1) is 18.9. The Kier molecular flexibility index (Phi) is 7.25. The van der Waals surface area contributed by atoms with E-state index in [9.17, 15) is 23.9 Å². The zero-order valence-corrected chi connectivity index (χ0v) is 22.9. The number of nitrogens with zero attached hydrogens (tertiary/aromatic N) is 5. The predicted molar refractivity (Wildman–Crippen MR) is 146 cm³/mol. The van der Waals surface area contributed by atoms with Crippen LogP contribution in [0.4, 0.5) is 26.5 Å². The smallest absolute Gasteiger partial charge is 0.415 e. The summed E-state index contributed by atoms with van der Waals surface area (Å²) in [5.41, 5.74) is -0.568. The first-order valence-electron chi connectivity index (χ1n) is 13.4. The van der Waals surface area contributed by atoms with Gasteiger partial charge in [0.15, 0.2) is 5.65 Å². The summed E-state index contributed by atoms with van der Waals surface area (Å²) >= 11 is 0. The van der Waals surface area contributed by atoms with Crippen LogP contribution in [-0.2, 0) is 4.74 Å². The van der Waals surface area contributed by atoms with E-state index in [2.05, 4.69) is 20.7 Å². The lowest BCUT2D eigenvalue weighted by Gasteiger charge is -2.31. The number of aliphatic hydroxyl groups is 1. The van der Waals surface area contributed by atoms with Crippen LogP contribution < -0.4 is 21.1 Å². The van der Waals surface area contributed by atoms with E-state index in [0.29, 0.717) is 19.3 Å². The molecule has 2 aliphatic rings. The summed E-state index contributed by atoms with van der Waals surface area (Å²) in [6, 6.07) is 4.41. The molecule has 0 radical (unpaired) electrons. The molecule has 12 nitrogen and oxygen atoms in total. The highest BCUT2D eigenvalue weighted by Crippen LogP contribution is 2.34. The van der Waals surface area contributed by atoms with Gasteiger partial charge in [-0.2, -0.15) is 9.61 Å². The minimum atomic E-state index is -0.914. The number of ether oxygens (including phenoxy) is 1. The van der Waals surface area contributed by atoms with Crippen molar-refractivity contribution < 1.29 is 23.8 Å². The van der Waals surface area contributed by atoms with Crippen molar-refractivity contribution in [2.24, 2.45) is 0 Å². The van der Waals surface area contributed by atoms with Crippen LogP contribution in [0.15, 0.2) is 35.4 Å². The molecular formula is C27H34FN7O5. The molecule has 3 aromatic heterocycles. The quantitative estimate of drug-likeness (QED) is 0.420. The van der Waals surface area contributed by atoms with Crippen LogP contribution >= 0.6 is 0 Å². The molecule has 0 aromatic carbocycles. The molecule has 3 heterocycles. The van der Waals surface area contributed by atoms with Gasteiger partial charge in [-0.05, 0) is 65.0 Å². The number of amides is 2. The van der Waals surface area contributed by atoms with Crippen molar-refractivity contribution in [2.45, 2.75) is 82.8 Å². The lowest BCUT2D eigenvalue weighted by atomic mass is 9.90. The number of pyridine rings is 1. The van der Waals surface area contributed by atoms with Crippen molar-refractivity contribution in [3.63, 3.8) is 0 Å². The molecule has 0 aliphatic heterocycles. The number of aliphatic hydroxyl groups excluding tert-OH is 1. The summed E-state index contributed by atoms with van der Waals surface area (Å²) in [6.45, 7) is 5.24. The maximum Gasteiger partial charge on any atom is 0.415 e. The molecule has 13 heteroatoms. The molecule has 2 amide bonds. The predicted octanol–water partition coefficient (Wildman–Crippen LogP) is 3.32. The van der Waals surface area contributed by atoms with Crippen LogP contribution in [0.1, 0.15) is 69.3 Å². The van der Waals surface area contributed by atoms with Crippen LogP contribution in [-0.4, -0.2) is 67.2 Å². The number of carbonyl (C=O) groups excluding carboxylic acids is 2. The van der Waals surface area contributed by atoms with Gasteiger partial charge < -0.3 is 25.0 Å². The number of nitrogens with one attached hydrogen (secondary N) is 2. The molecule has 0 bridgehead atoms. The van der Waals surface area contributed by atoms with Crippen molar-refractivity contribution in [3.05, 3.63) is 46.5 Å². The van der Waals surface area contributed by atoms with Gasteiger partial charge in [-0.3, -0.25) is 14.5 Å². The molecular weight excluding hydrogens is 521 g/mol. The highest BCUT2D eigenvalue weighted by atomic mass is 19.1. The third-order valence-corrected chi connectivity index (χ3v) is 7.14. The SMILES string of the molecule is CN(C(=O)OC(C)(C)C)c1cc(Nc2cccn([C@H]3C[C@H](F)C3)c2=O)nc2c(C(=O)NC3CCC(O)C3)cnn12. The number of rotatable bonds is 6. The van der Waals surface area contributed by atoms with Gasteiger partial charge in [0, 0.05) is 31.4 Å². The second kappa shape index (κ2) is 10.5. The molecule has 2 saturated carbocycles. The van der Waals surface area contributed by atoms with Gasteiger partial charge in [0.25, 0.3) is 11.5 Å². The molecule has 2 aliphatic carbocycles. The summed E-state index contributed by atoms with van der Waals surface area (Å²) in [5, 5.41) is 20.1. The number of alkyl halides is 1. The largest absolute Gasteiger partial charge is 0.443 e. The highest BCUT2D eigenvalue weighted by molar-refractivity contribution is 6.00. The first-order valence-corrected chi connectivity index (χ1v) is 13.4. The van der Waals surface area contributed by atoms with Gasteiger partial charge in [-0.1, -0.05) is 0 Å². The lowest BCUT2D eigenvalue weighted by molar-refractivity contribution is 0.0587. The molecule has 3 N–H and O–H groups in total. The van der Waals surface area contributed by atoms with Gasteiger partial charge in [0.2, 0.25) is 0 Å². The van der Waals surface area contributed by atoms with Crippen LogP contribution in [0.2, 0.25) is 0 Å². The van der Waals surface area contributed by atoms with Gasteiger partial charge in [0.05, 0.1) is 12.3 Å². The Hall–Kier alpha value is -4.00. The van der Waals surface area contributed by atoms with Gasteiger partial charge in [-0.25, -0.2) is 14.2 Å². The second-order valence-corrected chi connectivity index (χ2v) is 11.5. The fourth-order valence-corrected chi connectivity index (χ4v) is 4.97. The number of carbonyl (C=O) groups is 2. The van der Waals surface area contributed by atoms with E-state index in [1.165, 1.54) is 33.3 Å².